The monoisotopic (exact) mass is 142 g/mol. The molecule has 0 spiro atoms. The predicted octanol–water partition coefficient (Wildman–Crippen LogP) is 1.53. The van der Waals surface area contributed by atoms with Crippen LogP contribution in [0.3, 0.4) is 0 Å². The summed E-state index contributed by atoms with van der Waals surface area (Å²) in [6, 6.07) is 0. The number of Topliss-reactive ketones (excluding diaryl/α,β-unsaturated/α-hetero) is 1. The average molecular weight is 142 g/mol. The Morgan fingerprint density at radius 2 is 2.30 bits per heavy atom. The minimum atomic E-state index is 0.204. The lowest BCUT2D eigenvalue weighted by molar-refractivity contribution is -0.120. The van der Waals surface area contributed by atoms with E-state index in [1.54, 1.807) is 7.11 Å². The van der Waals surface area contributed by atoms with Crippen LogP contribution < -0.4 is 0 Å². The highest BCUT2D eigenvalue weighted by Gasteiger charge is 2.16. The second-order valence-corrected chi connectivity index (χ2v) is 2.85. The molecule has 0 radical (unpaired) electrons. The standard InChI is InChI=1S/C8H14O2/c1-10-8-5-3-2-4-7(9)6-8/h8H,2-6H2,1H3/t8-/m1/s1. The molecule has 1 aliphatic carbocycles. The van der Waals surface area contributed by atoms with Crippen molar-refractivity contribution in [1.29, 1.82) is 0 Å². The molecule has 2 nitrogen and oxygen atoms in total. The van der Waals surface area contributed by atoms with Crippen LogP contribution in [-0.2, 0) is 9.53 Å². The van der Waals surface area contributed by atoms with Crippen LogP contribution in [0, 0.1) is 0 Å². The van der Waals surface area contributed by atoms with Crippen LogP contribution in [0.1, 0.15) is 32.1 Å². The summed E-state index contributed by atoms with van der Waals surface area (Å²) in [5, 5.41) is 0. The van der Waals surface area contributed by atoms with Gasteiger partial charge in [0.1, 0.15) is 5.78 Å². The lowest BCUT2D eigenvalue weighted by Gasteiger charge is -2.09. The summed E-state index contributed by atoms with van der Waals surface area (Å²) in [6.45, 7) is 0. The number of methoxy groups -OCH3 is 1. The maximum atomic E-state index is 11.0. The molecular formula is C8H14O2. The van der Waals surface area contributed by atoms with Crippen molar-refractivity contribution in [3.05, 3.63) is 0 Å². The van der Waals surface area contributed by atoms with Gasteiger partial charge in [-0.3, -0.25) is 4.79 Å². The Morgan fingerprint density at radius 3 is 3.00 bits per heavy atom. The molecular weight excluding hydrogens is 128 g/mol. The number of carbonyl (C=O) groups is 1. The van der Waals surface area contributed by atoms with Gasteiger partial charge < -0.3 is 4.74 Å². The first-order chi connectivity index (χ1) is 4.83. The Balaban J connectivity index is 2.38. The lowest BCUT2D eigenvalue weighted by Crippen LogP contribution is -2.12. The van der Waals surface area contributed by atoms with E-state index in [0.717, 1.165) is 25.7 Å². The zero-order valence-corrected chi connectivity index (χ0v) is 6.43. The van der Waals surface area contributed by atoms with Crippen molar-refractivity contribution in [2.75, 3.05) is 7.11 Å². The molecule has 58 valence electrons. The molecule has 2 heteroatoms. The summed E-state index contributed by atoms with van der Waals surface area (Å²) >= 11 is 0. The number of ether oxygens (including phenoxy) is 1. The highest BCUT2D eigenvalue weighted by atomic mass is 16.5. The average Bonchev–Trinajstić information content (AvgIpc) is 2.13. The van der Waals surface area contributed by atoms with Crippen LogP contribution in [-0.4, -0.2) is 19.0 Å². The van der Waals surface area contributed by atoms with Crippen LogP contribution in [0.25, 0.3) is 0 Å². The fraction of sp³-hybridized carbons (Fsp3) is 0.875. The third-order valence-corrected chi connectivity index (χ3v) is 2.02. The number of carbonyl (C=O) groups excluding carboxylic acids is 1. The smallest absolute Gasteiger partial charge is 0.135 e. The molecule has 0 heterocycles. The first kappa shape index (κ1) is 7.73. The Morgan fingerprint density at radius 1 is 1.50 bits per heavy atom. The molecule has 1 aliphatic rings. The van der Waals surface area contributed by atoms with Gasteiger partial charge in [-0.2, -0.15) is 0 Å². The number of rotatable bonds is 1. The molecule has 0 amide bonds. The summed E-state index contributed by atoms with van der Waals surface area (Å²) < 4.78 is 5.12. The fourth-order valence-corrected chi connectivity index (χ4v) is 1.35. The Hall–Kier alpha value is -0.370. The zero-order valence-electron chi connectivity index (χ0n) is 6.43. The summed E-state index contributed by atoms with van der Waals surface area (Å²) in [6.07, 6.45) is 4.86. The third-order valence-electron chi connectivity index (χ3n) is 2.02. The molecule has 0 unspecified atom stereocenters. The SMILES string of the molecule is CO[C@@H]1CCCCC(=O)C1. The van der Waals surface area contributed by atoms with E-state index in [9.17, 15) is 4.79 Å². The first-order valence-corrected chi connectivity index (χ1v) is 3.87. The van der Waals surface area contributed by atoms with Gasteiger partial charge >= 0.3 is 0 Å². The quantitative estimate of drug-likeness (QED) is 0.519. The second-order valence-electron chi connectivity index (χ2n) is 2.85. The largest absolute Gasteiger partial charge is 0.381 e. The predicted molar refractivity (Wildman–Crippen MR) is 38.9 cm³/mol. The summed E-state index contributed by atoms with van der Waals surface area (Å²) in [5.74, 6) is 0.365. The van der Waals surface area contributed by atoms with E-state index in [-0.39, 0.29) is 6.10 Å². The molecule has 1 fully saturated rings. The van der Waals surface area contributed by atoms with Gasteiger partial charge in [-0.05, 0) is 12.8 Å². The number of hydrogen-bond acceptors (Lipinski definition) is 2. The first-order valence-electron chi connectivity index (χ1n) is 3.87. The maximum absolute atomic E-state index is 11.0. The van der Waals surface area contributed by atoms with Gasteiger partial charge in [0.2, 0.25) is 0 Å². The van der Waals surface area contributed by atoms with E-state index in [0.29, 0.717) is 12.2 Å². The van der Waals surface area contributed by atoms with E-state index < -0.39 is 0 Å². The van der Waals surface area contributed by atoms with Gasteiger partial charge in [-0.1, -0.05) is 6.42 Å². The van der Waals surface area contributed by atoms with Gasteiger partial charge in [-0.15, -0.1) is 0 Å². The van der Waals surface area contributed by atoms with Crippen LogP contribution >= 0.6 is 0 Å². The third kappa shape index (κ3) is 2.10. The van der Waals surface area contributed by atoms with Crippen molar-refractivity contribution in [2.45, 2.75) is 38.2 Å². The van der Waals surface area contributed by atoms with Crippen molar-refractivity contribution in [1.82, 2.24) is 0 Å². The van der Waals surface area contributed by atoms with Crippen molar-refractivity contribution in [3.63, 3.8) is 0 Å². The molecule has 0 aromatic heterocycles. The highest BCUT2D eigenvalue weighted by Crippen LogP contribution is 2.16. The van der Waals surface area contributed by atoms with Gasteiger partial charge in [0.05, 0.1) is 6.10 Å². The molecule has 0 aliphatic heterocycles. The van der Waals surface area contributed by atoms with Crippen LogP contribution in [0.5, 0.6) is 0 Å². The fourth-order valence-electron chi connectivity index (χ4n) is 1.35. The summed E-state index contributed by atoms with van der Waals surface area (Å²) in [7, 11) is 1.68. The molecule has 0 aromatic carbocycles. The van der Waals surface area contributed by atoms with Crippen LogP contribution in [0.15, 0.2) is 0 Å². The van der Waals surface area contributed by atoms with Gasteiger partial charge in [0.25, 0.3) is 0 Å². The van der Waals surface area contributed by atoms with Crippen molar-refractivity contribution in [2.24, 2.45) is 0 Å². The Labute approximate surface area is 61.6 Å². The van der Waals surface area contributed by atoms with E-state index >= 15 is 0 Å². The number of ketones is 1. The van der Waals surface area contributed by atoms with Gasteiger partial charge in [0.15, 0.2) is 0 Å². The molecule has 10 heavy (non-hydrogen) atoms. The Kier molecular flexibility index (Phi) is 2.87. The van der Waals surface area contributed by atoms with E-state index in [2.05, 4.69) is 0 Å². The number of hydrogen-bond donors (Lipinski definition) is 0. The normalized spacial score (nSPS) is 28.1. The molecule has 1 saturated carbocycles. The van der Waals surface area contributed by atoms with E-state index in [1.165, 1.54) is 0 Å². The van der Waals surface area contributed by atoms with Crippen molar-refractivity contribution < 1.29 is 9.53 Å². The molecule has 1 atom stereocenters. The topological polar surface area (TPSA) is 26.3 Å². The van der Waals surface area contributed by atoms with Gasteiger partial charge in [0, 0.05) is 20.0 Å². The van der Waals surface area contributed by atoms with E-state index in [4.69, 9.17) is 4.74 Å². The molecule has 0 bridgehead atoms. The second kappa shape index (κ2) is 3.71. The van der Waals surface area contributed by atoms with E-state index in [1.807, 2.05) is 0 Å². The van der Waals surface area contributed by atoms with Crippen LogP contribution in [0.4, 0.5) is 0 Å². The molecule has 0 saturated heterocycles. The molecule has 1 rings (SSSR count). The van der Waals surface area contributed by atoms with Crippen molar-refractivity contribution >= 4 is 5.78 Å². The maximum Gasteiger partial charge on any atom is 0.135 e. The Bertz CT molecular complexity index is 120. The zero-order chi connectivity index (χ0) is 7.40. The van der Waals surface area contributed by atoms with Gasteiger partial charge in [-0.25, -0.2) is 0 Å². The minimum Gasteiger partial charge on any atom is -0.381 e. The molecule has 0 aromatic rings. The van der Waals surface area contributed by atoms with Crippen molar-refractivity contribution in [3.8, 4) is 0 Å². The highest BCUT2D eigenvalue weighted by molar-refractivity contribution is 5.79. The van der Waals surface area contributed by atoms with Crippen LogP contribution in [0.2, 0.25) is 0 Å². The lowest BCUT2D eigenvalue weighted by atomic mass is 10.1. The summed E-state index contributed by atoms with van der Waals surface area (Å²) in [5.41, 5.74) is 0. The summed E-state index contributed by atoms with van der Waals surface area (Å²) in [4.78, 5) is 11.0. The minimum absolute atomic E-state index is 0.204. The molecule has 0 N–H and O–H groups in total.